The molecule has 0 atom stereocenters. The molecule has 0 saturated carbocycles. The number of benzene rings is 1. The van der Waals surface area contributed by atoms with E-state index in [0.717, 1.165) is 25.7 Å². The first-order valence-electron chi connectivity index (χ1n) is 6.94. The van der Waals surface area contributed by atoms with Gasteiger partial charge < -0.3 is 5.11 Å². The van der Waals surface area contributed by atoms with Gasteiger partial charge in [-0.2, -0.15) is 0 Å². The van der Waals surface area contributed by atoms with Crippen molar-refractivity contribution in [2.45, 2.75) is 38.5 Å². The van der Waals surface area contributed by atoms with E-state index in [1.807, 2.05) is 18.2 Å². The Kier molecular flexibility index (Phi) is 7.35. The van der Waals surface area contributed by atoms with Crippen LogP contribution in [0.15, 0.2) is 30.3 Å². The summed E-state index contributed by atoms with van der Waals surface area (Å²) in [6.45, 7) is 0.520. The van der Waals surface area contributed by atoms with Gasteiger partial charge in [0.2, 0.25) is 0 Å². The maximum atomic E-state index is 11.9. The molecule has 0 unspecified atom stereocenters. The number of hydrogen-bond donors (Lipinski definition) is 2. The standard InChI is InChI=1S/C15H22N2O3/c16-17(15(20)13-9-5-4-6-10-13)12-8-3-1-2-7-11-14(18)19/h4-6,9-10H,1-3,7-8,11-12,16H2,(H,18,19). The van der Waals surface area contributed by atoms with E-state index < -0.39 is 5.97 Å². The summed E-state index contributed by atoms with van der Waals surface area (Å²) in [5, 5.41) is 9.74. The van der Waals surface area contributed by atoms with E-state index in [4.69, 9.17) is 10.9 Å². The lowest BCUT2D eigenvalue weighted by atomic mass is 10.1. The molecule has 0 heterocycles. The molecule has 1 aromatic rings. The highest BCUT2D eigenvalue weighted by atomic mass is 16.4. The Morgan fingerprint density at radius 3 is 2.25 bits per heavy atom. The Labute approximate surface area is 119 Å². The predicted molar refractivity (Wildman–Crippen MR) is 77.0 cm³/mol. The molecular weight excluding hydrogens is 256 g/mol. The number of carbonyl (C=O) groups is 2. The molecule has 0 bridgehead atoms. The van der Waals surface area contributed by atoms with Gasteiger partial charge in [-0.25, -0.2) is 5.84 Å². The van der Waals surface area contributed by atoms with Crippen LogP contribution in [0.2, 0.25) is 0 Å². The molecule has 3 N–H and O–H groups in total. The van der Waals surface area contributed by atoms with Gasteiger partial charge in [-0.1, -0.05) is 37.5 Å². The SMILES string of the molecule is NN(CCCCCCCC(=O)O)C(=O)c1ccccc1. The minimum absolute atomic E-state index is 0.170. The lowest BCUT2D eigenvalue weighted by Gasteiger charge is -2.16. The molecule has 5 heteroatoms. The molecule has 110 valence electrons. The summed E-state index contributed by atoms with van der Waals surface area (Å²) in [7, 11) is 0. The largest absolute Gasteiger partial charge is 0.481 e. The summed E-state index contributed by atoms with van der Waals surface area (Å²) in [6.07, 6.45) is 4.61. The molecule has 0 radical (unpaired) electrons. The van der Waals surface area contributed by atoms with Crippen molar-refractivity contribution < 1.29 is 14.7 Å². The van der Waals surface area contributed by atoms with Crippen LogP contribution in [0.5, 0.6) is 0 Å². The van der Waals surface area contributed by atoms with E-state index in [2.05, 4.69) is 0 Å². The summed E-state index contributed by atoms with van der Waals surface area (Å²) in [4.78, 5) is 22.2. The molecule has 20 heavy (non-hydrogen) atoms. The fraction of sp³-hybridized carbons (Fsp3) is 0.467. The normalized spacial score (nSPS) is 10.2. The minimum Gasteiger partial charge on any atom is -0.481 e. The Morgan fingerprint density at radius 2 is 1.60 bits per heavy atom. The molecule has 1 aromatic carbocycles. The number of rotatable bonds is 9. The molecule has 0 aliphatic heterocycles. The Morgan fingerprint density at radius 1 is 1.00 bits per heavy atom. The molecule has 0 aliphatic carbocycles. The second-order valence-corrected chi connectivity index (χ2v) is 4.78. The van der Waals surface area contributed by atoms with Crippen molar-refractivity contribution >= 4 is 11.9 Å². The molecule has 5 nitrogen and oxygen atoms in total. The van der Waals surface area contributed by atoms with Crippen LogP contribution in [0.4, 0.5) is 0 Å². The zero-order valence-electron chi connectivity index (χ0n) is 11.6. The number of nitrogens with zero attached hydrogens (tertiary/aromatic N) is 1. The fourth-order valence-electron chi connectivity index (χ4n) is 1.94. The molecule has 0 fully saturated rings. The van der Waals surface area contributed by atoms with E-state index in [1.165, 1.54) is 5.01 Å². The fourth-order valence-corrected chi connectivity index (χ4v) is 1.94. The van der Waals surface area contributed by atoms with Gasteiger partial charge in [-0.15, -0.1) is 0 Å². The van der Waals surface area contributed by atoms with Gasteiger partial charge in [0, 0.05) is 18.5 Å². The number of carboxylic acid groups (broad SMARTS) is 1. The monoisotopic (exact) mass is 278 g/mol. The van der Waals surface area contributed by atoms with E-state index in [9.17, 15) is 9.59 Å². The van der Waals surface area contributed by atoms with Crippen LogP contribution in [0.25, 0.3) is 0 Å². The predicted octanol–water partition coefficient (Wildman–Crippen LogP) is 2.43. The summed E-state index contributed by atoms with van der Waals surface area (Å²) in [5.41, 5.74) is 0.594. The summed E-state index contributed by atoms with van der Waals surface area (Å²) >= 11 is 0. The highest BCUT2D eigenvalue weighted by molar-refractivity contribution is 5.93. The van der Waals surface area contributed by atoms with Crippen molar-refractivity contribution in [3.05, 3.63) is 35.9 Å². The van der Waals surface area contributed by atoms with Gasteiger partial charge in [0.1, 0.15) is 0 Å². The number of hydrogen-bond acceptors (Lipinski definition) is 3. The molecule has 0 saturated heterocycles. The molecule has 1 amide bonds. The second-order valence-electron chi connectivity index (χ2n) is 4.78. The lowest BCUT2D eigenvalue weighted by Crippen LogP contribution is -2.38. The second kappa shape index (κ2) is 9.09. The van der Waals surface area contributed by atoms with Crippen LogP contribution >= 0.6 is 0 Å². The summed E-state index contributed by atoms with van der Waals surface area (Å²) < 4.78 is 0. The van der Waals surface area contributed by atoms with Crippen LogP contribution in [-0.4, -0.2) is 28.5 Å². The van der Waals surface area contributed by atoms with E-state index in [0.29, 0.717) is 18.5 Å². The van der Waals surface area contributed by atoms with Crippen molar-refractivity contribution in [3.8, 4) is 0 Å². The Balaban J connectivity index is 2.13. The number of aliphatic carboxylic acids is 1. The Hall–Kier alpha value is -1.88. The third-order valence-corrected chi connectivity index (χ3v) is 3.07. The minimum atomic E-state index is -0.744. The molecular formula is C15H22N2O3. The lowest BCUT2D eigenvalue weighted by molar-refractivity contribution is -0.137. The van der Waals surface area contributed by atoms with Crippen molar-refractivity contribution in [3.63, 3.8) is 0 Å². The number of nitrogens with two attached hydrogens (primary N) is 1. The Bertz CT molecular complexity index is 420. The van der Waals surface area contributed by atoms with Crippen molar-refractivity contribution in [1.29, 1.82) is 0 Å². The van der Waals surface area contributed by atoms with Crippen LogP contribution in [-0.2, 0) is 4.79 Å². The number of unbranched alkanes of at least 4 members (excludes halogenated alkanes) is 4. The van der Waals surface area contributed by atoms with Crippen LogP contribution in [0.3, 0.4) is 0 Å². The van der Waals surface area contributed by atoms with Crippen molar-refractivity contribution in [2.24, 2.45) is 5.84 Å². The zero-order chi connectivity index (χ0) is 14.8. The van der Waals surface area contributed by atoms with Crippen molar-refractivity contribution in [2.75, 3.05) is 6.54 Å². The van der Waals surface area contributed by atoms with Crippen LogP contribution in [0.1, 0.15) is 48.9 Å². The van der Waals surface area contributed by atoms with Gasteiger partial charge in [-0.05, 0) is 25.0 Å². The van der Waals surface area contributed by atoms with Crippen molar-refractivity contribution in [1.82, 2.24) is 5.01 Å². The molecule has 0 aromatic heterocycles. The first kappa shape index (κ1) is 16.2. The van der Waals surface area contributed by atoms with Crippen LogP contribution in [0, 0.1) is 0 Å². The third-order valence-electron chi connectivity index (χ3n) is 3.07. The van der Waals surface area contributed by atoms with E-state index >= 15 is 0 Å². The van der Waals surface area contributed by atoms with Gasteiger partial charge in [-0.3, -0.25) is 14.6 Å². The topological polar surface area (TPSA) is 83.6 Å². The van der Waals surface area contributed by atoms with Gasteiger partial charge in [0.25, 0.3) is 5.91 Å². The van der Waals surface area contributed by atoms with Gasteiger partial charge in [0.05, 0.1) is 0 Å². The average molecular weight is 278 g/mol. The van der Waals surface area contributed by atoms with E-state index in [-0.39, 0.29) is 12.3 Å². The van der Waals surface area contributed by atoms with Crippen LogP contribution < -0.4 is 5.84 Å². The van der Waals surface area contributed by atoms with Gasteiger partial charge in [0.15, 0.2) is 0 Å². The van der Waals surface area contributed by atoms with E-state index in [1.54, 1.807) is 12.1 Å². The highest BCUT2D eigenvalue weighted by Gasteiger charge is 2.10. The highest BCUT2D eigenvalue weighted by Crippen LogP contribution is 2.07. The molecule has 0 spiro atoms. The number of hydrazine groups is 1. The number of carboxylic acids is 1. The first-order chi connectivity index (χ1) is 9.61. The third kappa shape index (κ3) is 6.33. The smallest absolute Gasteiger partial charge is 0.303 e. The molecule has 0 aliphatic rings. The summed E-state index contributed by atoms with van der Waals surface area (Å²) in [6, 6.07) is 8.96. The quantitative estimate of drug-likeness (QED) is 0.314. The maximum absolute atomic E-state index is 11.9. The zero-order valence-corrected chi connectivity index (χ0v) is 11.6. The average Bonchev–Trinajstić information content (AvgIpc) is 2.45. The first-order valence-corrected chi connectivity index (χ1v) is 6.94. The van der Waals surface area contributed by atoms with Gasteiger partial charge >= 0.3 is 5.97 Å². The molecule has 1 rings (SSSR count). The number of amides is 1. The summed E-state index contributed by atoms with van der Waals surface area (Å²) in [5.74, 6) is 4.82. The maximum Gasteiger partial charge on any atom is 0.303 e. The number of carbonyl (C=O) groups excluding carboxylic acids is 1.